The van der Waals surface area contributed by atoms with Crippen LogP contribution in [0.2, 0.25) is 0 Å². The molecule has 3 heterocycles. The number of hydrogen-bond acceptors (Lipinski definition) is 5. The molecule has 1 aromatic rings. The van der Waals surface area contributed by atoms with E-state index in [2.05, 4.69) is 28.6 Å². The molecule has 0 saturated carbocycles. The molecular formula is C15H24N2O2S. The van der Waals surface area contributed by atoms with Crippen LogP contribution >= 0.6 is 11.8 Å². The Morgan fingerprint density at radius 1 is 1.40 bits per heavy atom. The summed E-state index contributed by atoms with van der Waals surface area (Å²) in [6.45, 7) is 4.93. The van der Waals surface area contributed by atoms with Crippen molar-refractivity contribution in [1.29, 1.82) is 0 Å². The van der Waals surface area contributed by atoms with Crippen LogP contribution in [-0.4, -0.2) is 49.5 Å². The first kappa shape index (κ1) is 14.4. The lowest BCUT2D eigenvalue weighted by molar-refractivity contribution is -0.0471. The van der Waals surface area contributed by atoms with Gasteiger partial charge in [0.25, 0.3) is 0 Å². The fourth-order valence-corrected chi connectivity index (χ4v) is 3.54. The predicted molar refractivity (Wildman–Crippen MR) is 82.0 cm³/mol. The van der Waals surface area contributed by atoms with E-state index in [4.69, 9.17) is 9.15 Å². The third-order valence-corrected chi connectivity index (χ3v) is 4.71. The van der Waals surface area contributed by atoms with E-state index >= 15 is 0 Å². The Balaban J connectivity index is 1.38. The summed E-state index contributed by atoms with van der Waals surface area (Å²) in [5, 5.41) is 3.45. The van der Waals surface area contributed by atoms with Crippen molar-refractivity contribution in [3.05, 3.63) is 23.7 Å². The van der Waals surface area contributed by atoms with E-state index in [1.165, 1.54) is 19.4 Å². The van der Waals surface area contributed by atoms with Gasteiger partial charge < -0.3 is 14.5 Å². The van der Waals surface area contributed by atoms with Crippen LogP contribution in [0.1, 0.15) is 24.4 Å². The molecule has 2 aliphatic rings. The maximum atomic E-state index is 5.94. The van der Waals surface area contributed by atoms with Crippen LogP contribution in [0, 0.1) is 0 Å². The molecule has 2 saturated heterocycles. The summed E-state index contributed by atoms with van der Waals surface area (Å²) in [4.78, 5) is 2.58. The number of furan rings is 1. The van der Waals surface area contributed by atoms with E-state index in [0.29, 0.717) is 12.1 Å². The lowest BCUT2D eigenvalue weighted by Gasteiger charge is -2.35. The van der Waals surface area contributed by atoms with Crippen molar-refractivity contribution >= 4 is 11.8 Å². The van der Waals surface area contributed by atoms with E-state index in [1.807, 2.05) is 0 Å². The highest BCUT2D eigenvalue weighted by Gasteiger charge is 2.31. The minimum atomic E-state index is 0.324. The highest BCUT2D eigenvalue weighted by molar-refractivity contribution is 7.97. The van der Waals surface area contributed by atoms with Crippen LogP contribution in [0.3, 0.4) is 0 Å². The molecule has 2 unspecified atom stereocenters. The molecule has 0 amide bonds. The van der Waals surface area contributed by atoms with E-state index in [9.17, 15) is 0 Å². The molecule has 5 heteroatoms. The van der Waals surface area contributed by atoms with E-state index in [0.717, 1.165) is 43.5 Å². The monoisotopic (exact) mass is 296 g/mol. The van der Waals surface area contributed by atoms with Crippen molar-refractivity contribution in [3.8, 4) is 0 Å². The molecule has 4 nitrogen and oxygen atoms in total. The summed E-state index contributed by atoms with van der Waals surface area (Å²) in [7, 11) is 0. The maximum absolute atomic E-state index is 5.94. The molecule has 1 aromatic heterocycles. The van der Waals surface area contributed by atoms with Gasteiger partial charge in [-0.1, -0.05) is 0 Å². The standard InChI is InChI=1S/C15H24N2O2S/c1-20-11-14-5-4-13(19-14)7-16-8-15-9-17-6-2-3-12(17)10-18-15/h4-5,12,15-16H,2-3,6-11H2,1H3. The average molecular weight is 296 g/mol. The molecule has 3 rings (SSSR count). The number of ether oxygens (including phenoxy) is 1. The van der Waals surface area contributed by atoms with E-state index < -0.39 is 0 Å². The largest absolute Gasteiger partial charge is 0.464 e. The van der Waals surface area contributed by atoms with Crippen molar-refractivity contribution in [2.24, 2.45) is 0 Å². The zero-order valence-electron chi connectivity index (χ0n) is 12.1. The number of fused-ring (bicyclic) bond motifs is 1. The molecule has 2 aliphatic heterocycles. The van der Waals surface area contributed by atoms with Crippen molar-refractivity contribution in [3.63, 3.8) is 0 Å². The Labute approximate surface area is 125 Å². The van der Waals surface area contributed by atoms with Gasteiger partial charge in [-0.25, -0.2) is 0 Å². The Hall–Kier alpha value is -0.490. The topological polar surface area (TPSA) is 37.6 Å². The van der Waals surface area contributed by atoms with Crippen LogP contribution in [0.5, 0.6) is 0 Å². The van der Waals surface area contributed by atoms with Gasteiger partial charge in [-0.15, -0.1) is 0 Å². The Kier molecular flexibility index (Phi) is 5.04. The zero-order valence-corrected chi connectivity index (χ0v) is 13.0. The molecule has 112 valence electrons. The fourth-order valence-electron chi connectivity index (χ4n) is 3.10. The Morgan fingerprint density at radius 3 is 3.20 bits per heavy atom. The van der Waals surface area contributed by atoms with Gasteiger partial charge in [-0.05, 0) is 37.8 Å². The number of morpholine rings is 1. The highest BCUT2D eigenvalue weighted by atomic mass is 32.2. The molecule has 0 radical (unpaired) electrons. The van der Waals surface area contributed by atoms with Gasteiger partial charge in [0.05, 0.1) is 25.0 Å². The van der Waals surface area contributed by atoms with Crippen LogP contribution < -0.4 is 5.32 Å². The summed E-state index contributed by atoms with van der Waals surface area (Å²) in [5.41, 5.74) is 0. The fraction of sp³-hybridized carbons (Fsp3) is 0.733. The quantitative estimate of drug-likeness (QED) is 0.870. The van der Waals surface area contributed by atoms with Crippen molar-refractivity contribution < 1.29 is 9.15 Å². The number of nitrogens with zero attached hydrogens (tertiary/aromatic N) is 1. The normalized spacial score (nSPS) is 26.9. The summed E-state index contributed by atoms with van der Waals surface area (Å²) < 4.78 is 11.7. The predicted octanol–water partition coefficient (Wildman–Crippen LogP) is 2.10. The zero-order chi connectivity index (χ0) is 13.8. The number of thioether (sulfide) groups is 1. The second-order valence-electron chi connectivity index (χ2n) is 5.68. The summed E-state index contributed by atoms with van der Waals surface area (Å²) in [6.07, 6.45) is 5.06. The van der Waals surface area contributed by atoms with Gasteiger partial charge in [0.2, 0.25) is 0 Å². The minimum absolute atomic E-state index is 0.324. The van der Waals surface area contributed by atoms with Crippen LogP contribution in [0.15, 0.2) is 16.5 Å². The van der Waals surface area contributed by atoms with Crippen LogP contribution in [0.25, 0.3) is 0 Å². The summed E-state index contributed by atoms with van der Waals surface area (Å²) >= 11 is 1.78. The molecule has 0 aromatic carbocycles. The lowest BCUT2D eigenvalue weighted by atomic mass is 10.2. The molecule has 0 bridgehead atoms. The van der Waals surface area contributed by atoms with Crippen molar-refractivity contribution in [2.75, 3.05) is 32.5 Å². The third kappa shape index (κ3) is 3.58. The first-order valence-electron chi connectivity index (χ1n) is 7.48. The molecule has 1 N–H and O–H groups in total. The van der Waals surface area contributed by atoms with Gasteiger partial charge in [-0.3, -0.25) is 4.90 Å². The summed E-state index contributed by atoms with van der Waals surface area (Å²) in [5.74, 6) is 3.02. The van der Waals surface area contributed by atoms with Crippen molar-refractivity contribution in [1.82, 2.24) is 10.2 Å². The van der Waals surface area contributed by atoms with Gasteiger partial charge >= 0.3 is 0 Å². The smallest absolute Gasteiger partial charge is 0.118 e. The van der Waals surface area contributed by atoms with Crippen molar-refractivity contribution in [2.45, 2.75) is 37.3 Å². The highest BCUT2D eigenvalue weighted by Crippen LogP contribution is 2.22. The molecular weight excluding hydrogens is 272 g/mol. The summed E-state index contributed by atoms with van der Waals surface area (Å²) in [6, 6.07) is 4.82. The molecule has 2 atom stereocenters. The van der Waals surface area contributed by atoms with Gasteiger partial charge in [0.1, 0.15) is 11.5 Å². The lowest BCUT2D eigenvalue weighted by Crippen LogP contribution is -2.49. The number of hydrogen-bond donors (Lipinski definition) is 1. The second kappa shape index (κ2) is 6.98. The minimum Gasteiger partial charge on any atom is -0.464 e. The van der Waals surface area contributed by atoms with Gasteiger partial charge in [0, 0.05) is 19.1 Å². The van der Waals surface area contributed by atoms with Crippen LogP contribution in [-0.2, 0) is 17.0 Å². The van der Waals surface area contributed by atoms with E-state index in [-0.39, 0.29) is 0 Å². The second-order valence-corrected chi connectivity index (χ2v) is 6.54. The molecule has 0 aliphatic carbocycles. The third-order valence-electron chi connectivity index (χ3n) is 4.14. The SMILES string of the molecule is CSCc1ccc(CNCC2CN3CCCC3CO2)o1. The van der Waals surface area contributed by atoms with Gasteiger partial charge in [-0.2, -0.15) is 11.8 Å². The van der Waals surface area contributed by atoms with E-state index in [1.54, 1.807) is 11.8 Å². The molecule has 0 spiro atoms. The van der Waals surface area contributed by atoms with Crippen LogP contribution in [0.4, 0.5) is 0 Å². The number of rotatable bonds is 6. The maximum Gasteiger partial charge on any atom is 0.118 e. The molecule has 20 heavy (non-hydrogen) atoms. The Morgan fingerprint density at radius 2 is 2.30 bits per heavy atom. The first-order chi connectivity index (χ1) is 9.85. The average Bonchev–Trinajstić information content (AvgIpc) is 3.08. The molecule has 2 fully saturated rings. The van der Waals surface area contributed by atoms with Gasteiger partial charge in [0.15, 0.2) is 0 Å². The first-order valence-corrected chi connectivity index (χ1v) is 8.87. The number of nitrogens with one attached hydrogen (secondary N) is 1. The Bertz CT molecular complexity index is 424.